The van der Waals surface area contributed by atoms with Gasteiger partial charge in [0.1, 0.15) is 11.9 Å². The molecule has 0 aliphatic carbocycles. The van der Waals surface area contributed by atoms with Gasteiger partial charge in [-0.2, -0.15) is 5.26 Å². The van der Waals surface area contributed by atoms with Gasteiger partial charge in [-0.3, -0.25) is 4.79 Å². The van der Waals surface area contributed by atoms with Gasteiger partial charge in [0.05, 0.1) is 6.07 Å². The number of ketones is 1. The Kier molecular flexibility index (Phi) is 6.75. The number of hydrogen-bond acceptors (Lipinski definition) is 4. The molecule has 0 aliphatic heterocycles. The van der Waals surface area contributed by atoms with Gasteiger partial charge in [0.15, 0.2) is 5.41 Å². The molecule has 4 heteroatoms. The highest BCUT2D eigenvalue weighted by molar-refractivity contribution is 5.81. The van der Waals surface area contributed by atoms with E-state index in [2.05, 4.69) is 0 Å². The number of esters is 1. The lowest BCUT2D eigenvalue weighted by atomic mass is 9.86. The van der Waals surface area contributed by atoms with Crippen molar-refractivity contribution >= 4 is 11.8 Å². The Morgan fingerprint density at radius 2 is 1.68 bits per heavy atom. The van der Waals surface area contributed by atoms with Crippen LogP contribution in [0.5, 0.6) is 0 Å². The van der Waals surface area contributed by atoms with E-state index in [0.29, 0.717) is 0 Å². The second-order valence-corrected chi connectivity index (χ2v) is 6.00. The lowest BCUT2D eigenvalue weighted by Gasteiger charge is -2.28. The summed E-state index contributed by atoms with van der Waals surface area (Å²) >= 11 is 0. The van der Waals surface area contributed by atoms with Crippen LogP contribution in [0.2, 0.25) is 0 Å². The molecule has 1 atom stereocenters. The average molecular weight is 267 g/mol. The maximum absolute atomic E-state index is 12.2. The second kappa shape index (κ2) is 7.28. The van der Waals surface area contributed by atoms with Crippen LogP contribution >= 0.6 is 0 Å². The minimum absolute atomic E-state index is 0.0291. The summed E-state index contributed by atoms with van der Waals surface area (Å²) in [5.74, 6) is -0.165. The van der Waals surface area contributed by atoms with Crippen LogP contribution in [-0.2, 0) is 14.3 Å². The van der Waals surface area contributed by atoms with E-state index >= 15 is 0 Å². The van der Waals surface area contributed by atoms with Gasteiger partial charge in [0.2, 0.25) is 0 Å². The molecule has 0 aromatic rings. The van der Waals surface area contributed by atoms with Gasteiger partial charge in [0.25, 0.3) is 0 Å². The van der Waals surface area contributed by atoms with Gasteiger partial charge in [-0.05, 0) is 32.1 Å². The Morgan fingerprint density at radius 1 is 1.21 bits per heavy atom. The highest BCUT2D eigenvalue weighted by Gasteiger charge is 2.37. The van der Waals surface area contributed by atoms with Crippen LogP contribution in [0.3, 0.4) is 0 Å². The van der Waals surface area contributed by atoms with E-state index in [0.717, 1.165) is 0 Å². The number of Topliss-reactive ketones (excluding diaryl/α,β-unsaturated/α-hetero) is 1. The summed E-state index contributed by atoms with van der Waals surface area (Å²) in [4.78, 5) is 23.2. The van der Waals surface area contributed by atoms with Crippen molar-refractivity contribution in [1.29, 1.82) is 5.26 Å². The van der Waals surface area contributed by atoms with Crippen molar-refractivity contribution in [3.63, 3.8) is 0 Å². The smallest absolute Gasteiger partial charge is 0.326 e. The molecule has 0 aromatic heterocycles. The number of hydrogen-bond donors (Lipinski definition) is 0. The monoisotopic (exact) mass is 267 g/mol. The summed E-state index contributed by atoms with van der Waals surface area (Å²) in [6.45, 7) is 10.9. The Balaban J connectivity index is 4.84. The maximum Gasteiger partial charge on any atom is 0.326 e. The number of nitrogens with zero attached hydrogens (tertiary/aromatic N) is 1. The van der Waals surface area contributed by atoms with Crippen molar-refractivity contribution < 1.29 is 14.3 Å². The molecule has 0 fully saturated rings. The fraction of sp³-hybridized carbons (Fsp3) is 0.800. The minimum Gasteiger partial charge on any atom is -0.461 e. The molecule has 0 bridgehead atoms. The lowest BCUT2D eigenvalue weighted by molar-refractivity contribution is -0.162. The Morgan fingerprint density at radius 3 is 2.00 bits per heavy atom. The molecule has 0 rings (SSSR count). The van der Waals surface area contributed by atoms with Gasteiger partial charge < -0.3 is 9.53 Å². The molecule has 0 heterocycles. The Bertz CT molecular complexity index is 360. The summed E-state index contributed by atoms with van der Waals surface area (Å²) in [7, 11) is 0. The standard InChI is InChI=1S/C15H25NO3/c1-10(2)13(11(3)4)19-14(18)15(6,9-16)8-7-12(5)17/h10-11,13H,7-8H2,1-6H3/t15-/m0/s1. The van der Waals surface area contributed by atoms with Gasteiger partial charge in [-0.15, -0.1) is 0 Å². The summed E-state index contributed by atoms with van der Waals surface area (Å²) in [5.41, 5.74) is -1.24. The first-order valence-corrected chi connectivity index (χ1v) is 6.75. The predicted octanol–water partition coefficient (Wildman–Crippen LogP) is 3.11. The molecular formula is C15H25NO3. The van der Waals surface area contributed by atoms with Crippen LogP contribution in [0.4, 0.5) is 0 Å². The highest BCUT2D eigenvalue weighted by Crippen LogP contribution is 2.27. The summed E-state index contributed by atoms with van der Waals surface area (Å²) in [6, 6.07) is 1.99. The number of rotatable bonds is 7. The van der Waals surface area contributed by atoms with Crippen LogP contribution in [0.1, 0.15) is 54.4 Å². The first kappa shape index (κ1) is 17.6. The molecule has 108 valence electrons. The first-order chi connectivity index (χ1) is 8.64. The predicted molar refractivity (Wildman–Crippen MR) is 73.2 cm³/mol. The summed E-state index contributed by atoms with van der Waals surface area (Å²) in [5, 5.41) is 9.20. The van der Waals surface area contributed by atoms with Crippen LogP contribution in [0, 0.1) is 28.6 Å². The fourth-order valence-corrected chi connectivity index (χ4v) is 1.93. The number of nitriles is 1. The average Bonchev–Trinajstić information content (AvgIpc) is 2.31. The topological polar surface area (TPSA) is 67.2 Å². The van der Waals surface area contributed by atoms with Crippen molar-refractivity contribution in [2.75, 3.05) is 0 Å². The fourth-order valence-electron chi connectivity index (χ4n) is 1.93. The van der Waals surface area contributed by atoms with Gasteiger partial charge in [0, 0.05) is 6.42 Å². The quantitative estimate of drug-likeness (QED) is 0.665. The normalized spacial score (nSPS) is 14.3. The van der Waals surface area contributed by atoms with E-state index in [1.807, 2.05) is 33.8 Å². The number of carbonyl (C=O) groups excluding carboxylic acids is 2. The summed E-state index contributed by atoms with van der Waals surface area (Å²) < 4.78 is 5.49. The van der Waals surface area contributed by atoms with Crippen molar-refractivity contribution in [3.05, 3.63) is 0 Å². The SMILES string of the molecule is CC(=O)CC[C@@](C)(C#N)C(=O)OC(C(C)C)C(C)C. The van der Waals surface area contributed by atoms with E-state index in [4.69, 9.17) is 4.74 Å². The third-order valence-electron chi connectivity index (χ3n) is 3.23. The van der Waals surface area contributed by atoms with Crippen LogP contribution in [-0.4, -0.2) is 17.9 Å². The molecule has 0 radical (unpaired) electrons. The van der Waals surface area contributed by atoms with E-state index < -0.39 is 11.4 Å². The van der Waals surface area contributed by atoms with Crippen LogP contribution < -0.4 is 0 Å². The van der Waals surface area contributed by atoms with Crippen molar-refractivity contribution in [3.8, 4) is 6.07 Å². The molecule has 0 unspecified atom stereocenters. The Labute approximate surface area is 116 Å². The molecule has 0 amide bonds. The molecule has 4 nitrogen and oxygen atoms in total. The van der Waals surface area contributed by atoms with E-state index in [1.165, 1.54) is 13.8 Å². The first-order valence-electron chi connectivity index (χ1n) is 6.75. The number of ether oxygens (including phenoxy) is 1. The van der Waals surface area contributed by atoms with Crippen LogP contribution in [0.25, 0.3) is 0 Å². The Hall–Kier alpha value is -1.37. The lowest BCUT2D eigenvalue weighted by Crippen LogP contribution is -2.36. The molecule has 0 aromatic carbocycles. The molecule has 0 N–H and O–H groups in total. The third kappa shape index (κ3) is 5.42. The zero-order valence-electron chi connectivity index (χ0n) is 12.8. The van der Waals surface area contributed by atoms with E-state index in [-0.39, 0.29) is 36.6 Å². The molecule has 0 saturated carbocycles. The van der Waals surface area contributed by atoms with Crippen molar-refractivity contribution in [2.45, 2.75) is 60.5 Å². The third-order valence-corrected chi connectivity index (χ3v) is 3.23. The van der Waals surface area contributed by atoms with E-state index in [9.17, 15) is 14.9 Å². The summed E-state index contributed by atoms with van der Waals surface area (Å²) in [6.07, 6.45) is 0.214. The molecular weight excluding hydrogens is 242 g/mol. The van der Waals surface area contributed by atoms with Crippen LogP contribution in [0.15, 0.2) is 0 Å². The minimum atomic E-state index is -1.24. The zero-order chi connectivity index (χ0) is 15.2. The van der Waals surface area contributed by atoms with Crippen molar-refractivity contribution in [1.82, 2.24) is 0 Å². The highest BCUT2D eigenvalue weighted by atomic mass is 16.5. The van der Waals surface area contributed by atoms with Gasteiger partial charge in [-0.25, -0.2) is 0 Å². The second-order valence-electron chi connectivity index (χ2n) is 6.00. The number of carbonyl (C=O) groups is 2. The van der Waals surface area contributed by atoms with Crippen molar-refractivity contribution in [2.24, 2.45) is 17.3 Å². The van der Waals surface area contributed by atoms with Gasteiger partial charge >= 0.3 is 5.97 Å². The molecule has 0 aliphatic rings. The van der Waals surface area contributed by atoms with E-state index in [1.54, 1.807) is 0 Å². The molecule has 0 saturated heterocycles. The largest absolute Gasteiger partial charge is 0.461 e. The maximum atomic E-state index is 12.2. The molecule has 0 spiro atoms. The molecule has 19 heavy (non-hydrogen) atoms. The zero-order valence-corrected chi connectivity index (χ0v) is 12.8. The van der Waals surface area contributed by atoms with Gasteiger partial charge in [-0.1, -0.05) is 27.7 Å².